The van der Waals surface area contributed by atoms with Gasteiger partial charge in [-0.3, -0.25) is 9.59 Å². The van der Waals surface area contributed by atoms with E-state index in [9.17, 15) is 24.9 Å². The third-order valence-electron chi connectivity index (χ3n) is 9.91. The molecule has 0 aliphatic carbocycles. The second-order valence-corrected chi connectivity index (χ2v) is 14.3. The molecule has 0 spiro atoms. The van der Waals surface area contributed by atoms with Crippen molar-refractivity contribution in [3.8, 4) is 0 Å². The molecule has 0 aromatic rings. The molecule has 1 atom stereocenters. The molecule has 0 aliphatic heterocycles. The highest BCUT2D eigenvalue weighted by atomic mass is 16.5. The molecular weight excluding hydrogens is 588 g/mol. The van der Waals surface area contributed by atoms with Crippen molar-refractivity contribution in [1.82, 2.24) is 0 Å². The summed E-state index contributed by atoms with van der Waals surface area (Å²) in [7, 11) is 0. The SMILES string of the molecule is CCCCCCCCCCCCCCCCCC(=O)C(OCCO)(C(=O)CCCCCCCCCCCCCCCCC)C(O)CO. The first kappa shape index (κ1) is 46.2. The maximum Gasteiger partial charge on any atom is 0.212 e. The summed E-state index contributed by atoms with van der Waals surface area (Å²) < 4.78 is 5.65. The second kappa shape index (κ2) is 35.0. The molecule has 47 heavy (non-hydrogen) atoms. The van der Waals surface area contributed by atoms with E-state index in [4.69, 9.17) is 4.74 Å². The van der Waals surface area contributed by atoms with Crippen LogP contribution in [-0.4, -0.2) is 58.4 Å². The third-order valence-corrected chi connectivity index (χ3v) is 9.91. The van der Waals surface area contributed by atoms with Crippen molar-refractivity contribution in [2.24, 2.45) is 0 Å². The summed E-state index contributed by atoms with van der Waals surface area (Å²) in [6.45, 7) is 3.19. The van der Waals surface area contributed by atoms with Crippen molar-refractivity contribution in [2.45, 2.75) is 231 Å². The minimum absolute atomic E-state index is 0.130. The number of carbonyl (C=O) groups excluding carboxylic acids is 2. The van der Waals surface area contributed by atoms with E-state index >= 15 is 0 Å². The number of aliphatic hydroxyl groups excluding tert-OH is 3. The molecule has 0 saturated carbocycles. The summed E-state index contributed by atoms with van der Waals surface area (Å²) in [6, 6.07) is 0. The molecule has 280 valence electrons. The largest absolute Gasteiger partial charge is 0.394 e. The van der Waals surface area contributed by atoms with Crippen LogP contribution in [0, 0.1) is 0 Å². The molecule has 0 amide bonds. The fraction of sp³-hybridized carbons (Fsp3) is 0.951. The first-order valence-electron chi connectivity index (χ1n) is 20.6. The van der Waals surface area contributed by atoms with Gasteiger partial charge in [0.1, 0.15) is 6.10 Å². The average molecular weight is 669 g/mol. The van der Waals surface area contributed by atoms with Gasteiger partial charge in [0.2, 0.25) is 5.60 Å². The standard InChI is InChI=1S/C41H80O6/c1-3-5-7-9-11-13-15-17-19-21-23-25-27-29-31-33-38(44)41(40(46)37-43,47-36-35-42)39(45)34-32-30-28-26-24-22-20-18-16-14-12-10-8-6-4-2/h40,42-43,46H,3-37H2,1-2H3. The Morgan fingerprint density at radius 2 is 0.723 bits per heavy atom. The summed E-state index contributed by atoms with van der Waals surface area (Å²) in [6.07, 6.45) is 35.4. The lowest BCUT2D eigenvalue weighted by atomic mass is 9.82. The van der Waals surface area contributed by atoms with Crippen molar-refractivity contribution >= 4 is 11.6 Å². The molecule has 0 rings (SSSR count). The van der Waals surface area contributed by atoms with E-state index in [-0.39, 0.29) is 26.1 Å². The third kappa shape index (κ3) is 24.9. The van der Waals surface area contributed by atoms with E-state index in [2.05, 4.69) is 13.8 Å². The van der Waals surface area contributed by atoms with E-state index in [0.29, 0.717) is 12.8 Å². The van der Waals surface area contributed by atoms with Crippen LogP contribution in [-0.2, 0) is 14.3 Å². The lowest BCUT2D eigenvalue weighted by molar-refractivity contribution is -0.179. The van der Waals surface area contributed by atoms with Gasteiger partial charge in [0.05, 0.1) is 19.8 Å². The summed E-state index contributed by atoms with van der Waals surface area (Å²) in [5.41, 5.74) is -2.08. The van der Waals surface area contributed by atoms with Crippen molar-refractivity contribution < 1.29 is 29.6 Å². The zero-order valence-corrected chi connectivity index (χ0v) is 31.4. The number of Topliss-reactive ketones (excluding diaryl/α,β-unsaturated/α-hetero) is 2. The van der Waals surface area contributed by atoms with Crippen LogP contribution in [0.25, 0.3) is 0 Å². The quantitative estimate of drug-likeness (QED) is 0.0445. The Labute approximate surface area is 291 Å². The van der Waals surface area contributed by atoms with Crippen molar-refractivity contribution in [1.29, 1.82) is 0 Å². The van der Waals surface area contributed by atoms with E-state index in [1.165, 1.54) is 141 Å². The molecule has 1 unspecified atom stereocenters. The number of ketones is 2. The summed E-state index contributed by atoms with van der Waals surface area (Å²) in [5.74, 6) is -0.929. The Morgan fingerprint density at radius 1 is 0.468 bits per heavy atom. The number of hydrogen-bond acceptors (Lipinski definition) is 6. The zero-order valence-electron chi connectivity index (χ0n) is 31.4. The lowest BCUT2D eigenvalue weighted by Crippen LogP contribution is -2.59. The van der Waals surface area contributed by atoms with Crippen LogP contribution in [0.15, 0.2) is 0 Å². The Morgan fingerprint density at radius 3 is 0.957 bits per heavy atom. The fourth-order valence-corrected chi connectivity index (χ4v) is 6.80. The van der Waals surface area contributed by atoms with Gasteiger partial charge in [0, 0.05) is 12.8 Å². The Kier molecular flexibility index (Phi) is 34.4. The number of aliphatic hydroxyl groups is 3. The molecule has 3 N–H and O–H groups in total. The number of rotatable bonds is 39. The van der Waals surface area contributed by atoms with Crippen LogP contribution in [0.4, 0.5) is 0 Å². The molecule has 6 heteroatoms. The van der Waals surface area contributed by atoms with Crippen molar-refractivity contribution in [3.05, 3.63) is 0 Å². The van der Waals surface area contributed by atoms with Gasteiger partial charge in [0.25, 0.3) is 0 Å². The van der Waals surface area contributed by atoms with Crippen LogP contribution in [0.1, 0.15) is 219 Å². The van der Waals surface area contributed by atoms with Crippen molar-refractivity contribution in [3.63, 3.8) is 0 Å². The molecule has 6 nitrogen and oxygen atoms in total. The zero-order chi connectivity index (χ0) is 34.7. The minimum Gasteiger partial charge on any atom is -0.394 e. The second-order valence-electron chi connectivity index (χ2n) is 14.3. The predicted octanol–water partition coefficient (Wildman–Crippen LogP) is 10.7. The van der Waals surface area contributed by atoms with Crippen LogP contribution in [0.2, 0.25) is 0 Å². The van der Waals surface area contributed by atoms with Gasteiger partial charge in [-0.25, -0.2) is 0 Å². The number of unbranched alkanes of at least 4 members (excludes halogenated alkanes) is 28. The predicted molar refractivity (Wildman–Crippen MR) is 198 cm³/mol. The number of ether oxygens (including phenoxy) is 1. The van der Waals surface area contributed by atoms with Crippen LogP contribution < -0.4 is 0 Å². The maximum absolute atomic E-state index is 13.4. The Hall–Kier alpha value is -0.820. The van der Waals surface area contributed by atoms with Gasteiger partial charge >= 0.3 is 0 Å². The molecule has 0 heterocycles. The minimum atomic E-state index is -2.08. The molecular formula is C41H80O6. The molecule has 0 saturated heterocycles. The maximum atomic E-state index is 13.4. The summed E-state index contributed by atoms with van der Waals surface area (Å²) >= 11 is 0. The van der Waals surface area contributed by atoms with Gasteiger partial charge in [0.15, 0.2) is 11.6 Å². The molecule has 0 aromatic carbocycles. The molecule has 0 aliphatic rings. The Bertz CT molecular complexity index is 635. The van der Waals surface area contributed by atoms with Gasteiger partial charge in [-0.1, -0.05) is 194 Å². The normalized spacial score (nSPS) is 12.5. The van der Waals surface area contributed by atoms with E-state index in [0.717, 1.165) is 38.5 Å². The first-order chi connectivity index (χ1) is 23.0. The highest BCUT2D eigenvalue weighted by molar-refractivity contribution is 6.11. The molecule has 0 radical (unpaired) electrons. The smallest absolute Gasteiger partial charge is 0.212 e. The Balaban J connectivity index is 4.26. The van der Waals surface area contributed by atoms with Gasteiger partial charge in [-0.2, -0.15) is 0 Å². The highest BCUT2D eigenvalue weighted by Crippen LogP contribution is 2.26. The van der Waals surface area contributed by atoms with E-state index in [1.54, 1.807) is 0 Å². The van der Waals surface area contributed by atoms with Gasteiger partial charge in [-0.05, 0) is 12.8 Å². The first-order valence-corrected chi connectivity index (χ1v) is 20.6. The summed E-state index contributed by atoms with van der Waals surface area (Å²) in [5, 5.41) is 29.9. The monoisotopic (exact) mass is 669 g/mol. The topological polar surface area (TPSA) is 104 Å². The lowest BCUT2D eigenvalue weighted by Gasteiger charge is -2.34. The van der Waals surface area contributed by atoms with E-state index in [1.807, 2.05) is 0 Å². The number of carbonyl (C=O) groups is 2. The fourth-order valence-electron chi connectivity index (χ4n) is 6.80. The highest BCUT2D eigenvalue weighted by Gasteiger charge is 2.51. The van der Waals surface area contributed by atoms with Gasteiger partial charge < -0.3 is 20.1 Å². The summed E-state index contributed by atoms with van der Waals surface area (Å²) in [4.78, 5) is 26.8. The van der Waals surface area contributed by atoms with E-state index < -0.39 is 29.9 Å². The molecule has 0 bridgehead atoms. The van der Waals surface area contributed by atoms with Crippen LogP contribution in [0.5, 0.6) is 0 Å². The average Bonchev–Trinajstić information content (AvgIpc) is 3.08. The van der Waals surface area contributed by atoms with Gasteiger partial charge in [-0.15, -0.1) is 0 Å². The van der Waals surface area contributed by atoms with Crippen LogP contribution >= 0.6 is 0 Å². The number of hydrogen-bond donors (Lipinski definition) is 3. The van der Waals surface area contributed by atoms with Crippen molar-refractivity contribution in [2.75, 3.05) is 19.8 Å². The van der Waals surface area contributed by atoms with Crippen LogP contribution in [0.3, 0.4) is 0 Å². The molecule has 0 aromatic heterocycles. The molecule has 0 fully saturated rings.